The summed E-state index contributed by atoms with van der Waals surface area (Å²) in [4.78, 5) is 11.0. The van der Waals surface area contributed by atoms with Gasteiger partial charge >= 0.3 is 5.97 Å². The predicted octanol–water partition coefficient (Wildman–Crippen LogP) is 2.18. The first-order valence-electron chi connectivity index (χ1n) is 5.61. The van der Waals surface area contributed by atoms with Gasteiger partial charge in [0.2, 0.25) is 0 Å². The van der Waals surface area contributed by atoms with Gasteiger partial charge in [-0.25, -0.2) is 4.79 Å². The Morgan fingerprint density at radius 1 is 1.50 bits per heavy atom. The number of hydrogen-bond donors (Lipinski definition) is 1. The number of hydrogen-bond acceptors (Lipinski definition) is 2. The minimum absolute atomic E-state index is 0.375. The Morgan fingerprint density at radius 2 is 2.25 bits per heavy atom. The van der Waals surface area contributed by atoms with Crippen molar-refractivity contribution in [3.8, 4) is 0 Å². The molecule has 1 aromatic rings. The van der Waals surface area contributed by atoms with E-state index in [4.69, 9.17) is 9.84 Å². The molecule has 1 N–H and O–H groups in total. The number of unbranched alkanes of at least 4 members (excludes halogenated alkanes) is 1. The number of aromatic carboxylic acids is 1. The molecule has 0 aliphatic carbocycles. The number of aromatic nitrogens is 1. The summed E-state index contributed by atoms with van der Waals surface area (Å²) in [6.07, 6.45) is 2.81. The minimum atomic E-state index is -0.861. The molecule has 0 aliphatic heterocycles. The standard InChI is InChI=1S/C12H19NO3/c1-3-4-8-13-10(7-9-16-2)5-6-11(13)12(14)15/h5-6H,3-4,7-9H2,1-2H3,(H,14,15). The topological polar surface area (TPSA) is 51.5 Å². The van der Waals surface area contributed by atoms with E-state index in [0.717, 1.165) is 31.5 Å². The highest BCUT2D eigenvalue weighted by molar-refractivity contribution is 5.86. The number of nitrogens with zero attached hydrogens (tertiary/aromatic N) is 1. The third kappa shape index (κ3) is 3.10. The van der Waals surface area contributed by atoms with Crippen molar-refractivity contribution in [2.24, 2.45) is 0 Å². The Morgan fingerprint density at radius 3 is 2.81 bits per heavy atom. The van der Waals surface area contributed by atoms with E-state index < -0.39 is 5.97 Å². The molecule has 0 spiro atoms. The summed E-state index contributed by atoms with van der Waals surface area (Å²) in [5, 5.41) is 9.05. The van der Waals surface area contributed by atoms with Crippen LogP contribution < -0.4 is 0 Å². The van der Waals surface area contributed by atoms with Crippen molar-refractivity contribution in [2.75, 3.05) is 13.7 Å². The molecule has 0 aliphatic rings. The normalized spacial score (nSPS) is 10.6. The molecule has 0 fully saturated rings. The zero-order valence-electron chi connectivity index (χ0n) is 9.90. The monoisotopic (exact) mass is 225 g/mol. The summed E-state index contributed by atoms with van der Waals surface area (Å²) in [5.41, 5.74) is 1.41. The Balaban J connectivity index is 2.85. The van der Waals surface area contributed by atoms with E-state index in [1.165, 1.54) is 0 Å². The Labute approximate surface area is 95.8 Å². The van der Waals surface area contributed by atoms with Gasteiger partial charge in [0.1, 0.15) is 5.69 Å². The van der Waals surface area contributed by atoms with Gasteiger partial charge in [0, 0.05) is 25.8 Å². The van der Waals surface area contributed by atoms with E-state index in [0.29, 0.717) is 12.3 Å². The zero-order chi connectivity index (χ0) is 12.0. The van der Waals surface area contributed by atoms with Crippen LogP contribution in [-0.4, -0.2) is 29.4 Å². The summed E-state index contributed by atoms with van der Waals surface area (Å²) >= 11 is 0. The molecule has 16 heavy (non-hydrogen) atoms. The van der Waals surface area contributed by atoms with Gasteiger partial charge in [-0.05, 0) is 18.6 Å². The second kappa shape index (κ2) is 6.33. The molecule has 1 aromatic heterocycles. The van der Waals surface area contributed by atoms with Crippen LogP contribution in [0.4, 0.5) is 0 Å². The quantitative estimate of drug-likeness (QED) is 0.773. The SMILES string of the molecule is CCCCn1c(CCOC)ccc1C(=O)O. The first-order chi connectivity index (χ1) is 7.70. The lowest BCUT2D eigenvalue weighted by molar-refractivity contribution is 0.0684. The molecule has 0 bridgehead atoms. The van der Waals surface area contributed by atoms with Crippen LogP contribution in [0.5, 0.6) is 0 Å². The molecule has 0 radical (unpaired) electrons. The van der Waals surface area contributed by atoms with Crippen molar-refractivity contribution in [2.45, 2.75) is 32.7 Å². The molecule has 0 amide bonds. The number of carboxylic acid groups (broad SMARTS) is 1. The summed E-state index contributed by atoms with van der Waals surface area (Å²) in [6.45, 7) is 3.48. The van der Waals surface area contributed by atoms with Crippen molar-refractivity contribution in [1.29, 1.82) is 0 Å². The van der Waals surface area contributed by atoms with E-state index in [-0.39, 0.29) is 0 Å². The highest BCUT2D eigenvalue weighted by atomic mass is 16.5. The molecular weight excluding hydrogens is 206 g/mol. The van der Waals surface area contributed by atoms with E-state index in [9.17, 15) is 4.79 Å². The molecular formula is C12H19NO3. The maximum Gasteiger partial charge on any atom is 0.352 e. The average molecular weight is 225 g/mol. The number of methoxy groups -OCH3 is 1. The van der Waals surface area contributed by atoms with Gasteiger partial charge in [0.15, 0.2) is 0 Å². The maximum absolute atomic E-state index is 11.0. The zero-order valence-corrected chi connectivity index (χ0v) is 9.90. The molecule has 0 aromatic carbocycles. The van der Waals surface area contributed by atoms with Crippen molar-refractivity contribution in [3.05, 3.63) is 23.5 Å². The molecule has 4 heteroatoms. The van der Waals surface area contributed by atoms with Crippen molar-refractivity contribution in [1.82, 2.24) is 4.57 Å². The van der Waals surface area contributed by atoms with Crippen LogP contribution in [0.1, 0.15) is 35.9 Å². The molecule has 0 saturated carbocycles. The fourth-order valence-electron chi connectivity index (χ4n) is 1.70. The van der Waals surface area contributed by atoms with Crippen molar-refractivity contribution < 1.29 is 14.6 Å². The third-order valence-corrected chi connectivity index (χ3v) is 2.59. The first kappa shape index (κ1) is 12.8. The van der Waals surface area contributed by atoms with Crippen molar-refractivity contribution in [3.63, 3.8) is 0 Å². The fourth-order valence-corrected chi connectivity index (χ4v) is 1.70. The van der Waals surface area contributed by atoms with E-state index in [1.54, 1.807) is 13.2 Å². The molecule has 0 atom stereocenters. The van der Waals surface area contributed by atoms with Gasteiger partial charge in [-0.1, -0.05) is 13.3 Å². The van der Waals surface area contributed by atoms with Crippen LogP contribution in [0, 0.1) is 0 Å². The second-order valence-corrected chi connectivity index (χ2v) is 3.76. The van der Waals surface area contributed by atoms with Crippen molar-refractivity contribution >= 4 is 5.97 Å². The van der Waals surface area contributed by atoms with Gasteiger partial charge in [0.25, 0.3) is 0 Å². The van der Waals surface area contributed by atoms with E-state index >= 15 is 0 Å². The van der Waals surface area contributed by atoms with Crippen LogP contribution in [0.25, 0.3) is 0 Å². The number of rotatable bonds is 7. The summed E-state index contributed by atoms with van der Waals surface area (Å²) in [6, 6.07) is 3.54. The van der Waals surface area contributed by atoms with Crippen LogP contribution in [-0.2, 0) is 17.7 Å². The molecule has 1 heterocycles. The number of carbonyl (C=O) groups is 1. The minimum Gasteiger partial charge on any atom is -0.477 e. The van der Waals surface area contributed by atoms with Crippen LogP contribution in [0.2, 0.25) is 0 Å². The third-order valence-electron chi connectivity index (χ3n) is 2.59. The Kier molecular flexibility index (Phi) is 5.05. The highest BCUT2D eigenvalue weighted by Gasteiger charge is 2.12. The maximum atomic E-state index is 11.0. The Hall–Kier alpha value is -1.29. The molecule has 90 valence electrons. The highest BCUT2D eigenvalue weighted by Crippen LogP contribution is 2.12. The van der Waals surface area contributed by atoms with Crippen LogP contribution >= 0.6 is 0 Å². The van der Waals surface area contributed by atoms with Crippen LogP contribution in [0.3, 0.4) is 0 Å². The average Bonchev–Trinajstić information content (AvgIpc) is 2.66. The summed E-state index contributed by atoms with van der Waals surface area (Å²) < 4.78 is 6.89. The number of ether oxygens (including phenoxy) is 1. The fraction of sp³-hybridized carbons (Fsp3) is 0.583. The lowest BCUT2D eigenvalue weighted by Gasteiger charge is -2.10. The first-order valence-corrected chi connectivity index (χ1v) is 5.61. The number of carboxylic acids is 1. The smallest absolute Gasteiger partial charge is 0.352 e. The molecule has 0 saturated heterocycles. The molecule has 1 rings (SSSR count). The largest absolute Gasteiger partial charge is 0.477 e. The molecule has 0 unspecified atom stereocenters. The van der Waals surface area contributed by atoms with Crippen LogP contribution in [0.15, 0.2) is 12.1 Å². The summed E-state index contributed by atoms with van der Waals surface area (Å²) in [7, 11) is 1.65. The lowest BCUT2D eigenvalue weighted by Crippen LogP contribution is -2.12. The van der Waals surface area contributed by atoms with Gasteiger partial charge in [-0.15, -0.1) is 0 Å². The van der Waals surface area contributed by atoms with E-state index in [1.807, 2.05) is 10.6 Å². The predicted molar refractivity (Wildman–Crippen MR) is 61.9 cm³/mol. The van der Waals surface area contributed by atoms with Gasteiger partial charge in [-0.2, -0.15) is 0 Å². The lowest BCUT2D eigenvalue weighted by atomic mass is 10.3. The van der Waals surface area contributed by atoms with E-state index in [2.05, 4.69) is 6.92 Å². The molecule has 4 nitrogen and oxygen atoms in total. The van der Waals surface area contributed by atoms with Gasteiger partial charge in [-0.3, -0.25) is 0 Å². The summed E-state index contributed by atoms with van der Waals surface area (Å²) in [5.74, 6) is -0.861. The van der Waals surface area contributed by atoms with Gasteiger partial charge < -0.3 is 14.4 Å². The Bertz CT molecular complexity index is 344. The van der Waals surface area contributed by atoms with Gasteiger partial charge in [0.05, 0.1) is 6.61 Å². The second-order valence-electron chi connectivity index (χ2n) is 3.76.